The number of carbonyl (C=O) groups excluding carboxylic acids is 2. The van der Waals surface area contributed by atoms with Gasteiger partial charge in [-0.3, -0.25) is 19.8 Å². The fourth-order valence-corrected chi connectivity index (χ4v) is 4.96. The van der Waals surface area contributed by atoms with E-state index < -0.39 is 11.8 Å². The van der Waals surface area contributed by atoms with Crippen molar-refractivity contribution in [2.24, 2.45) is 0 Å². The lowest BCUT2D eigenvalue weighted by Crippen LogP contribution is -2.54. The highest BCUT2D eigenvalue weighted by molar-refractivity contribution is 9.11. The second kappa shape index (κ2) is 10.7. The molecule has 3 aromatic carbocycles. The predicted molar refractivity (Wildman–Crippen MR) is 147 cm³/mol. The van der Waals surface area contributed by atoms with E-state index in [1.807, 2.05) is 43.3 Å². The standard InChI is InChI=1S/C26H20Br2N2O4S/c1-15-4-3-5-19(10-15)30-25(32)20(24(31)29-26(30)35)11-16-6-9-22(23(12-16)33-2)34-14-17-7-8-18(27)13-21(17)28/h3-13H,14H2,1-2H3,(H,29,31,35). The van der Waals surface area contributed by atoms with Crippen molar-refractivity contribution in [3.05, 3.63) is 91.9 Å². The van der Waals surface area contributed by atoms with E-state index in [4.69, 9.17) is 21.7 Å². The number of amides is 2. The number of carbonyl (C=O) groups is 2. The average molecular weight is 616 g/mol. The molecule has 2 amide bonds. The molecular formula is C26H20Br2N2O4S. The summed E-state index contributed by atoms with van der Waals surface area (Å²) >= 11 is 12.2. The van der Waals surface area contributed by atoms with E-state index >= 15 is 0 Å². The summed E-state index contributed by atoms with van der Waals surface area (Å²) in [4.78, 5) is 27.2. The summed E-state index contributed by atoms with van der Waals surface area (Å²) in [7, 11) is 1.53. The van der Waals surface area contributed by atoms with Gasteiger partial charge in [-0.2, -0.15) is 0 Å². The first-order chi connectivity index (χ1) is 16.8. The Hall–Kier alpha value is -3.01. The molecule has 0 unspecified atom stereocenters. The number of methoxy groups -OCH3 is 1. The first-order valence-corrected chi connectivity index (χ1v) is 12.5. The Morgan fingerprint density at radius 1 is 1.03 bits per heavy atom. The number of rotatable bonds is 6. The molecule has 35 heavy (non-hydrogen) atoms. The van der Waals surface area contributed by atoms with Gasteiger partial charge >= 0.3 is 0 Å². The van der Waals surface area contributed by atoms with E-state index in [0.29, 0.717) is 29.4 Å². The molecule has 0 atom stereocenters. The van der Waals surface area contributed by atoms with Gasteiger partial charge in [0, 0.05) is 14.5 Å². The van der Waals surface area contributed by atoms with Crippen molar-refractivity contribution >= 4 is 72.8 Å². The van der Waals surface area contributed by atoms with E-state index in [9.17, 15) is 9.59 Å². The Morgan fingerprint density at radius 3 is 2.54 bits per heavy atom. The van der Waals surface area contributed by atoms with Gasteiger partial charge in [0.25, 0.3) is 11.8 Å². The van der Waals surface area contributed by atoms with Crippen molar-refractivity contribution in [1.29, 1.82) is 0 Å². The SMILES string of the molecule is COc1cc(C=C2C(=O)NC(=S)N(c3cccc(C)c3)C2=O)ccc1OCc1ccc(Br)cc1Br. The quantitative estimate of drug-likeness (QED) is 0.211. The molecule has 0 aromatic heterocycles. The third-order valence-electron chi connectivity index (χ3n) is 5.26. The number of hydrogen-bond donors (Lipinski definition) is 1. The minimum atomic E-state index is -0.553. The molecule has 1 aliphatic heterocycles. The first kappa shape index (κ1) is 25.1. The molecule has 1 aliphatic rings. The van der Waals surface area contributed by atoms with Crippen molar-refractivity contribution in [2.45, 2.75) is 13.5 Å². The van der Waals surface area contributed by atoms with Gasteiger partial charge in [0.2, 0.25) is 0 Å². The zero-order valence-corrected chi connectivity index (χ0v) is 22.8. The van der Waals surface area contributed by atoms with Crippen LogP contribution in [0.25, 0.3) is 6.08 Å². The van der Waals surface area contributed by atoms with Gasteiger partial charge in [0.15, 0.2) is 16.6 Å². The molecule has 178 valence electrons. The van der Waals surface area contributed by atoms with Crippen LogP contribution in [0.3, 0.4) is 0 Å². The van der Waals surface area contributed by atoms with Crippen LogP contribution < -0.4 is 19.7 Å². The van der Waals surface area contributed by atoms with Crippen LogP contribution in [0.5, 0.6) is 11.5 Å². The van der Waals surface area contributed by atoms with Crippen LogP contribution in [0, 0.1) is 6.92 Å². The van der Waals surface area contributed by atoms with Crippen molar-refractivity contribution in [3.8, 4) is 11.5 Å². The predicted octanol–water partition coefficient (Wildman–Crippen LogP) is 5.94. The second-order valence-electron chi connectivity index (χ2n) is 7.73. The lowest BCUT2D eigenvalue weighted by atomic mass is 10.1. The van der Waals surface area contributed by atoms with Crippen LogP contribution in [0.2, 0.25) is 0 Å². The van der Waals surface area contributed by atoms with E-state index in [1.54, 1.807) is 24.3 Å². The minimum Gasteiger partial charge on any atom is -0.493 e. The molecule has 9 heteroatoms. The van der Waals surface area contributed by atoms with Crippen LogP contribution in [-0.4, -0.2) is 24.0 Å². The number of anilines is 1. The highest BCUT2D eigenvalue weighted by Crippen LogP contribution is 2.32. The molecule has 0 spiro atoms. The molecule has 0 radical (unpaired) electrons. The number of hydrogen-bond acceptors (Lipinski definition) is 5. The third kappa shape index (κ3) is 5.63. The monoisotopic (exact) mass is 614 g/mol. The highest BCUT2D eigenvalue weighted by atomic mass is 79.9. The lowest BCUT2D eigenvalue weighted by Gasteiger charge is -2.29. The number of thiocarbonyl (C=S) groups is 1. The first-order valence-electron chi connectivity index (χ1n) is 10.5. The fraction of sp³-hybridized carbons (Fsp3) is 0.115. The summed E-state index contributed by atoms with van der Waals surface area (Å²) in [5.41, 5.74) is 3.10. The third-order valence-corrected chi connectivity index (χ3v) is 6.77. The van der Waals surface area contributed by atoms with Gasteiger partial charge in [-0.15, -0.1) is 0 Å². The lowest BCUT2D eigenvalue weighted by molar-refractivity contribution is -0.122. The molecule has 1 saturated heterocycles. The zero-order chi connectivity index (χ0) is 25.1. The van der Waals surface area contributed by atoms with Gasteiger partial charge in [0.1, 0.15) is 12.2 Å². The van der Waals surface area contributed by atoms with Crippen molar-refractivity contribution < 1.29 is 19.1 Å². The Kier molecular flexibility index (Phi) is 7.69. The number of nitrogens with one attached hydrogen (secondary N) is 1. The second-order valence-corrected chi connectivity index (χ2v) is 9.89. The van der Waals surface area contributed by atoms with Crippen LogP contribution in [0.4, 0.5) is 5.69 Å². The topological polar surface area (TPSA) is 67.9 Å². The zero-order valence-electron chi connectivity index (χ0n) is 18.8. The average Bonchev–Trinajstić information content (AvgIpc) is 2.81. The van der Waals surface area contributed by atoms with Crippen molar-refractivity contribution in [3.63, 3.8) is 0 Å². The summed E-state index contributed by atoms with van der Waals surface area (Å²) in [6, 6.07) is 18.4. The molecule has 0 saturated carbocycles. The Morgan fingerprint density at radius 2 is 1.83 bits per heavy atom. The summed E-state index contributed by atoms with van der Waals surface area (Å²) in [5, 5.41) is 2.65. The molecular weight excluding hydrogens is 596 g/mol. The van der Waals surface area contributed by atoms with E-state index in [-0.39, 0.29) is 10.7 Å². The van der Waals surface area contributed by atoms with E-state index in [0.717, 1.165) is 20.1 Å². The van der Waals surface area contributed by atoms with Crippen LogP contribution in [0.1, 0.15) is 16.7 Å². The number of nitrogens with zero attached hydrogens (tertiary/aromatic N) is 1. The number of aryl methyl sites for hydroxylation is 1. The molecule has 0 bridgehead atoms. The maximum Gasteiger partial charge on any atom is 0.270 e. The summed E-state index contributed by atoms with van der Waals surface area (Å²) < 4.78 is 13.3. The fourth-order valence-electron chi connectivity index (χ4n) is 3.51. The van der Waals surface area contributed by atoms with Crippen molar-refractivity contribution in [2.75, 3.05) is 12.0 Å². The van der Waals surface area contributed by atoms with Gasteiger partial charge in [-0.25, -0.2) is 0 Å². The van der Waals surface area contributed by atoms with Gasteiger partial charge in [-0.1, -0.05) is 56.1 Å². The summed E-state index contributed by atoms with van der Waals surface area (Å²) in [5.74, 6) is -0.0409. The van der Waals surface area contributed by atoms with Crippen LogP contribution in [-0.2, 0) is 16.2 Å². The smallest absolute Gasteiger partial charge is 0.270 e. The minimum absolute atomic E-state index is 0.0328. The Bertz CT molecular complexity index is 1370. The highest BCUT2D eigenvalue weighted by Gasteiger charge is 2.34. The molecule has 1 fully saturated rings. The molecule has 0 aliphatic carbocycles. The van der Waals surface area contributed by atoms with Crippen LogP contribution in [0.15, 0.2) is 75.2 Å². The number of benzene rings is 3. The maximum absolute atomic E-state index is 13.2. The van der Waals surface area contributed by atoms with Crippen LogP contribution >= 0.6 is 44.1 Å². The van der Waals surface area contributed by atoms with Crippen molar-refractivity contribution in [1.82, 2.24) is 5.32 Å². The molecule has 6 nitrogen and oxygen atoms in total. The number of halogens is 2. The van der Waals surface area contributed by atoms with Gasteiger partial charge < -0.3 is 9.47 Å². The summed E-state index contributed by atoms with van der Waals surface area (Å²) in [6.45, 7) is 2.25. The maximum atomic E-state index is 13.2. The van der Waals surface area contributed by atoms with Gasteiger partial charge in [0.05, 0.1) is 12.8 Å². The van der Waals surface area contributed by atoms with Gasteiger partial charge in [-0.05, 0) is 72.7 Å². The normalized spacial score (nSPS) is 14.8. The molecule has 1 heterocycles. The van der Waals surface area contributed by atoms with E-state index in [2.05, 4.69) is 37.2 Å². The summed E-state index contributed by atoms with van der Waals surface area (Å²) in [6.07, 6.45) is 1.51. The molecule has 4 rings (SSSR count). The Labute approximate surface area is 225 Å². The molecule has 1 N–H and O–H groups in total. The Balaban J connectivity index is 1.59. The van der Waals surface area contributed by atoms with E-state index in [1.165, 1.54) is 18.1 Å². The number of ether oxygens (including phenoxy) is 2. The largest absolute Gasteiger partial charge is 0.493 e. The molecule has 3 aromatic rings.